The second-order valence-corrected chi connectivity index (χ2v) is 7.63. The molecule has 2 aromatic rings. The molecular weight excluding hydrogens is 280 g/mol. The summed E-state index contributed by atoms with van der Waals surface area (Å²) in [6.45, 7) is 1.88. The molecule has 0 amide bonds. The van der Waals surface area contributed by atoms with Gasteiger partial charge in [0.2, 0.25) is 14.2 Å². The van der Waals surface area contributed by atoms with Crippen molar-refractivity contribution in [3.63, 3.8) is 0 Å². The zero-order valence-electron chi connectivity index (χ0n) is 9.21. The van der Waals surface area contributed by atoms with Crippen molar-refractivity contribution in [2.24, 2.45) is 0 Å². The van der Waals surface area contributed by atoms with E-state index >= 15 is 0 Å². The standard InChI is InChI=1S/C9H10N2O3S3/c1-6-7(3-4-14-6)15-5-8-10-11-9(16-8)17(2,12)13/h3-4H,5H2,1-2H3. The molecule has 0 saturated heterocycles. The van der Waals surface area contributed by atoms with Crippen LogP contribution in [0.3, 0.4) is 0 Å². The van der Waals surface area contributed by atoms with Crippen LogP contribution in [0.4, 0.5) is 0 Å². The summed E-state index contributed by atoms with van der Waals surface area (Å²) in [4.78, 5) is 1.03. The van der Waals surface area contributed by atoms with E-state index in [1.165, 1.54) is 0 Å². The Balaban J connectivity index is 2.06. The fourth-order valence-corrected chi connectivity index (χ4v) is 3.71. The molecule has 2 aromatic heterocycles. The normalized spacial score (nSPS) is 11.9. The van der Waals surface area contributed by atoms with Crippen molar-refractivity contribution in [1.29, 1.82) is 0 Å². The van der Waals surface area contributed by atoms with E-state index in [9.17, 15) is 8.42 Å². The van der Waals surface area contributed by atoms with Gasteiger partial charge in [-0.1, -0.05) is 11.3 Å². The van der Waals surface area contributed by atoms with Crippen molar-refractivity contribution in [3.8, 4) is 0 Å². The fourth-order valence-electron chi connectivity index (χ4n) is 1.11. The molecule has 0 N–H and O–H groups in total. The topological polar surface area (TPSA) is 73.1 Å². The third-order valence-corrected chi connectivity index (χ3v) is 5.86. The van der Waals surface area contributed by atoms with Crippen molar-refractivity contribution >= 4 is 32.9 Å². The van der Waals surface area contributed by atoms with Crippen LogP contribution < -0.4 is 0 Å². The lowest BCUT2D eigenvalue weighted by atomic mass is 10.5. The summed E-state index contributed by atoms with van der Waals surface area (Å²) in [6, 6.07) is 1.87. The number of aryl methyl sites for hydroxylation is 1. The van der Waals surface area contributed by atoms with E-state index in [1.807, 2.05) is 13.0 Å². The highest BCUT2D eigenvalue weighted by atomic mass is 32.2. The Morgan fingerprint density at radius 2 is 2.24 bits per heavy atom. The number of nitrogens with zero attached hydrogens (tertiary/aromatic N) is 2. The van der Waals surface area contributed by atoms with Gasteiger partial charge >= 0.3 is 0 Å². The molecule has 0 atom stereocenters. The van der Waals surface area contributed by atoms with Crippen LogP contribution in [0.5, 0.6) is 0 Å². The average molecular weight is 290 g/mol. The molecular formula is C9H10N2O3S3. The largest absolute Gasteiger partial charge is 0.468 e. The van der Waals surface area contributed by atoms with E-state index < -0.39 is 9.84 Å². The van der Waals surface area contributed by atoms with Gasteiger partial charge in [0, 0.05) is 11.2 Å². The average Bonchev–Trinajstić information content (AvgIpc) is 2.82. The van der Waals surface area contributed by atoms with E-state index in [0.29, 0.717) is 10.8 Å². The van der Waals surface area contributed by atoms with Gasteiger partial charge in [-0.3, -0.25) is 0 Å². The van der Waals surface area contributed by atoms with Gasteiger partial charge in [-0.05, 0) is 13.0 Å². The van der Waals surface area contributed by atoms with Crippen LogP contribution in [0.25, 0.3) is 0 Å². The van der Waals surface area contributed by atoms with Gasteiger partial charge in [-0.2, -0.15) is 0 Å². The summed E-state index contributed by atoms with van der Waals surface area (Å²) in [7, 11) is -3.25. The van der Waals surface area contributed by atoms with Crippen LogP contribution in [0, 0.1) is 6.92 Å². The van der Waals surface area contributed by atoms with Crippen molar-refractivity contribution in [2.75, 3.05) is 6.26 Å². The van der Waals surface area contributed by atoms with E-state index in [4.69, 9.17) is 4.42 Å². The smallest absolute Gasteiger partial charge is 0.232 e. The fraction of sp³-hybridized carbons (Fsp3) is 0.333. The first-order valence-electron chi connectivity index (χ1n) is 4.66. The van der Waals surface area contributed by atoms with Crippen LogP contribution in [0.2, 0.25) is 0 Å². The molecule has 0 unspecified atom stereocenters. The minimum absolute atomic E-state index is 0.0667. The van der Waals surface area contributed by atoms with Crippen LogP contribution >= 0.6 is 23.1 Å². The lowest BCUT2D eigenvalue weighted by molar-refractivity contribution is 0.527. The Morgan fingerprint density at radius 3 is 2.76 bits per heavy atom. The highest BCUT2D eigenvalue weighted by molar-refractivity contribution is 7.98. The zero-order chi connectivity index (χ0) is 12.5. The third-order valence-electron chi connectivity index (χ3n) is 1.93. The highest BCUT2D eigenvalue weighted by Crippen LogP contribution is 2.28. The van der Waals surface area contributed by atoms with Crippen LogP contribution in [-0.2, 0) is 15.6 Å². The first kappa shape index (κ1) is 12.6. The summed E-state index contributed by atoms with van der Waals surface area (Å²) in [5, 5.41) is 8.19. The Labute approximate surface area is 107 Å². The molecule has 0 aliphatic carbocycles. The van der Waals surface area contributed by atoms with Gasteiger partial charge in [-0.15, -0.1) is 22.0 Å². The monoisotopic (exact) mass is 290 g/mol. The van der Waals surface area contributed by atoms with Gasteiger partial charge in [0.15, 0.2) is 0 Å². The van der Waals surface area contributed by atoms with Crippen molar-refractivity contribution in [3.05, 3.63) is 23.1 Å². The van der Waals surface area contributed by atoms with Gasteiger partial charge in [0.25, 0.3) is 0 Å². The molecule has 2 rings (SSSR count). The zero-order valence-corrected chi connectivity index (χ0v) is 11.7. The molecule has 0 bridgehead atoms. The molecule has 8 heteroatoms. The Bertz CT molecular complexity index is 615. The van der Waals surface area contributed by atoms with Gasteiger partial charge < -0.3 is 4.42 Å². The van der Waals surface area contributed by atoms with Gasteiger partial charge in [0.1, 0.15) is 10.8 Å². The van der Waals surface area contributed by atoms with Crippen LogP contribution in [0.1, 0.15) is 10.8 Å². The molecule has 2 heterocycles. The highest BCUT2D eigenvalue weighted by Gasteiger charge is 2.14. The number of rotatable bonds is 4. The van der Waals surface area contributed by atoms with E-state index in [1.54, 1.807) is 18.0 Å². The van der Waals surface area contributed by atoms with Crippen LogP contribution in [-0.4, -0.2) is 24.9 Å². The van der Waals surface area contributed by atoms with Crippen molar-refractivity contribution < 1.29 is 12.8 Å². The summed E-state index contributed by atoms with van der Waals surface area (Å²) < 4.78 is 27.7. The summed E-state index contributed by atoms with van der Waals surface area (Å²) in [5.41, 5.74) is 0. The molecule has 17 heavy (non-hydrogen) atoms. The maximum absolute atomic E-state index is 11.2. The number of hydrogen-bond acceptors (Lipinski definition) is 7. The Hall–Kier alpha value is -0.860. The summed E-state index contributed by atoms with van der Waals surface area (Å²) in [6.07, 6.45) is 2.75. The predicted octanol–water partition coefficient (Wildman–Crippen LogP) is 2.14. The molecule has 0 radical (unpaired) electrons. The molecule has 0 aromatic carbocycles. The Morgan fingerprint density at radius 1 is 1.47 bits per heavy atom. The van der Waals surface area contributed by atoms with E-state index in [-0.39, 0.29) is 4.34 Å². The van der Waals surface area contributed by atoms with E-state index in [0.717, 1.165) is 28.2 Å². The number of furan rings is 1. The van der Waals surface area contributed by atoms with Crippen molar-refractivity contribution in [1.82, 2.24) is 10.2 Å². The first-order chi connectivity index (χ1) is 7.97. The number of hydrogen-bond donors (Lipinski definition) is 0. The van der Waals surface area contributed by atoms with Crippen LogP contribution in [0.15, 0.2) is 26.0 Å². The maximum atomic E-state index is 11.2. The first-order valence-corrected chi connectivity index (χ1v) is 8.35. The number of sulfone groups is 1. The minimum Gasteiger partial charge on any atom is -0.468 e. The molecule has 0 aliphatic heterocycles. The van der Waals surface area contributed by atoms with Crippen molar-refractivity contribution in [2.45, 2.75) is 21.9 Å². The molecule has 0 fully saturated rings. The third kappa shape index (κ3) is 3.08. The number of aromatic nitrogens is 2. The Kier molecular flexibility index (Phi) is 3.55. The minimum atomic E-state index is -3.25. The lowest BCUT2D eigenvalue weighted by Crippen LogP contribution is -1.95. The summed E-state index contributed by atoms with van der Waals surface area (Å²) >= 11 is 2.66. The van der Waals surface area contributed by atoms with Gasteiger partial charge in [0.05, 0.1) is 12.0 Å². The van der Waals surface area contributed by atoms with E-state index in [2.05, 4.69) is 10.2 Å². The quantitative estimate of drug-likeness (QED) is 0.803. The molecule has 92 valence electrons. The molecule has 5 nitrogen and oxygen atoms in total. The summed E-state index contributed by atoms with van der Waals surface area (Å²) in [5.74, 6) is 1.44. The molecule has 0 spiro atoms. The van der Waals surface area contributed by atoms with Gasteiger partial charge in [-0.25, -0.2) is 8.42 Å². The SMILES string of the molecule is Cc1occc1SCc1nnc(S(C)(=O)=O)s1. The second-order valence-electron chi connectivity index (χ2n) is 3.36. The second kappa shape index (κ2) is 4.79. The molecule has 0 aliphatic rings. The predicted molar refractivity (Wildman–Crippen MR) is 66.0 cm³/mol. The lowest BCUT2D eigenvalue weighted by Gasteiger charge is -1.94. The molecule has 0 saturated carbocycles. The maximum Gasteiger partial charge on any atom is 0.232 e. The number of thioether (sulfide) groups is 1.